The Labute approximate surface area is 182 Å². The fourth-order valence-electron chi connectivity index (χ4n) is 4.20. The van der Waals surface area contributed by atoms with Crippen molar-refractivity contribution in [1.29, 1.82) is 0 Å². The van der Waals surface area contributed by atoms with Gasteiger partial charge in [0.2, 0.25) is 0 Å². The number of carbonyl (C=O) groups excluding carboxylic acids is 1. The number of carbonyl (C=O) groups is 1. The Morgan fingerprint density at radius 2 is 1.87 bits per heavy atom. The van der Waals surface area contributed by atoms with Gasteiger partial charge in [0, 0.05) is 23.3 Å². The average molecular weight is 448 g/mol. The van der Waals surface area contributed by atoms with E-state index in [-0.39, 0.29) is 17.0 Å². The molecule has 1 aliphatic heterocycles. The van der Waals surface area contributed by atoms with Crippen LogP contribution in [0, 0.1) is 6.92 Å². The average Bonchev–Trinajstić information content (AvgIpc) is 3.14. The number of nitrogens with zero attached hydrogens (tertiary/aromatic N) is 1. The van der Waals surface area contributed by atoms with Crippen molar-refractivity contribution in [1.82, 2.24) is 5.32 Å². The van der Waals surface area contributed by atoms with E-state index < -0.39 is 10.0 Å². The van der Waals surface area contributed by atoms with E-state index in [1.54, 1.807) is 48.2 Å². The zero-order chi connectivity index (χ0) is 21.3. The van der Waals surface area contributed by atoms with Crippen molar-refractivity contribution in [3.63, 3.8) is 0 Å². The first-order valence-electron chi connectivity index (χ1n) is 10.3. The normalized spacial score (nSPS) is 16.9. The first-order valence-corrected chi connectivity index (χ1v) is 12.2. The zero-order valence-corrected chi connectivity index (χ0v) is 18.5. The van der Waals surface area contributed by atoms with E-state index >= 15 is 0 Å². The number of anilines is 2. The van der Waals surface area contributed by atoms with Crippen molar-refractivity contribution < 1.29 is 13.2 Å². The lowest BCUT2D eigenvalue weighted by molar-refractivity contribution is 0.238. The second-order valence-corrected chi connectivity index (χ2v) is 10.2. The third-order valence-corrected chi connectivity index (χ3v) is 7.47. The van der Waals surface area contributed by atoms with E-state index in [0.717, 1.165) is 42.5 Å². The minimum Gasteiger partial charge on any atom is -0.335 e. The van der Waals surface area contributed by atoms with Gasteiger partial charge in [-0.15, -0.1) is 0 Å². The largest absolute Gasteiger partial charge is 0.335 e. The van der Waals surface area contributed by atoms with Crippen LogP contribution in [-0.4, -0.2) is 27.0 Å². The van der Waals surface area contributed by atoms with Gasteiger partial charge in [0.05, 0.1) is 10.6 Å². The van der Waals surface area contributed by atoms with E-state index in [1.165, 1.54) is 6.42 Å². The van der Waals surface area contributed by atoms with Crippen LogP contribution in [0.25, 0.3) is 0 Å². The number of rotatable bonds is 4. The summed E-state index contributed by atoms with van der Waals surface area (Å²) in [6.45, 7) is 2.36. The standard InChI is InChI=1S/C22H26ClN3O3S/c1-15-13-17(23)7-9-20(15)25-30(28,29)19-8-10-21-16(14-19)11-12-26(21)22(27)24-18-5-3-2-4-6-18/h7-10,13-14,18,25H,2-6,11-12H2,1H3,(H,24,27). The van der Waals surface area contributed by atoms with Gasteiger partial charge in [0.1, 0.15) is 0 Å². The number of hydrogen-bond donors (Lipinski definition) is 2. The van der Waals surface area contributed by atoms with Gasteiger partial charge in [0.25, 0.3) is 10.0 Å². The smallest absolute Gasteiger partial charge is 0.322 e. The number of aryl methyl sites for hydroxylation is 1. The van der Waals surface area contributed by atoms with Gasteiger partial charge in [-0.2, -0.15) is 0 Å². The number of urea groups is 1. The van der Waals surface area contributed by atoms with Crippen LogP contribution < -0.4 is 14.9 Å². The molecule has 0 saturated heterocycles. The minimum absolute atomic E-state index is 0.0915. The molecule has 1 saturated carbocycles. The van der Waals surface area contributed by atoms with Crippen LogP contribution in [0.4, 0.5) is 16.2 Å². The lowest BCUT2D eigenvalue weighted by atomic mass is 9.96. The lowest BCUT2D eigenvalue weighted by Crippen LogP contribution is -2.45. The van der Waals surface area contributed by atoms with Gasteiger partial charge in [-0.05, 0) is 73.7 Å². The van der Waals surface area contributed by atoms with Crippen LogP contribution >= 0.6 is 11.6 Å². The molecule has 2 aliphatic rings. The number of halogens is 1. The Balaban J connectivity index is 1.50. The Morgan fingerprint density at radius 3 is 2.60 bits per heavy atom. The molecule has 0 atom stereocenters. The summed E-state index contributed by atoms with van der Waals surface area (Å²) in [6, 6.07) is 10.1. The van der Waals surface area contributed by atoms with Gasteiger partial charge in [0.15, 0.2) is 0 Å². The van der Waals surface area contributed by atoms with Crippen molar-refractivity contribution in [3.05, 3.63) is 52.5 Å². The molecule has 2 aromatic rings. The van der Waals surface area contributed by atoms with Gasteiger partial charge in [-0.1, -0.05) is 30.9 Å². The van der Waals surface area contributed by atoms with Crippen molar-refractivity contribution in [2.24, 2.45) is 0 Å². The second-order valence-electron chi connectivity index (χ2n) is 8.04. The maximum atomic E-state index is 12.9. The van der Waals surface area contributed by atoms with Crippen LogP contribution in [-0.2, 0) is 16.4 Å². The molecule has 0 spiro atoms. The monoisotopic (exact) mass is 447 g/mol. The van der Waals surface area contributed by atoms with Crippen LogP contribution in [0.1, 0.15) is 43.2 Å². The molecule has 2 amide bonds. The molecule has 8 heteroatoms. The fraction of sp³-hybridized carbons (Fsp3) is 0.409. The summed E-state index contributed by atoms with van der Waals surface area (Å²) in [5, 5.41) is 3.69. The number of amides is 2. The zero-order valence-electron chi connectivity index (χ0n) is 16.9. The van der Waals surface area contributed by atoms with Gasteiger partial charge in [-0.3, -0.25) is 9.62 Å². The molecule has 1 aliphatic carbocycles. The van der Waals surface area contributed by atoms with E-state index in [9.17, 15) is 13.2 Å². The molecule has 0 unspecified atom stereocenters. The third-order valence-electron chi connectivity index (χ3n) is 5.87. The number of fused-ring (bicyclic) bond motifs is 1. The summed E-state index contributed by atoms with van der Waals surface area (Å²) in [5.74, 6) is 0. The third kappa shape index (κ3) is 4.42. The first-order chi connectivity index (χ1) is 14.3. The number of benzene rings is 2. The molecule has 0 aromatic heterocycles. The second kappa shape index (κ2) is 8.47. The van der Waals surface area contributed by atoms with Crippen molar-refractivity contribution in [2.45, 2.75) is 56.4 Å². The SMILES string of the molecule is Cc1cc(Cl)ccc1NS(=O)(=O)c1ccc2c(c1)CCN2C(=O)NC1CCCCC1. The predicted octanol–water partition coefficient (Wildman–Crippen LogP) is 4.85. The van der Waals surface area contributed by atoms with Crippen molar-refractivity contribution >= 4 is 39.0 Å². The molecule has 30 heavy (non-hydrogen) atoms. The highest BCUT2D eigenvalue weighted by Crippen LogP contribution is 2.32. The summed E-state index contributed by atoms with van der Waals surface area (Å²) in [7, 11) is -3.74. The quantitative estimate of drug-likeness (QED) is 0.702. The summed E-state index contributed by atoms with van der Waals surface area (Å²) >= 11 is 5.96. The van der Waals surface area contributed by atoms with Gasteiger partial charge < -0.3 is 5.32 Å². The van der Waals surface area contributed by atoms with E-state index in [0.29, 0.717) is 23.7 Å². The minimum atomic E-state index is -3.74. The Hall–Kier alpha value is -2.25. The molecule has 1 fully saturated rings. The number of sulfonamides is 1. The maximum Gasteiger partial charge on any atom is 0.322 e. The topological polar surface area (TPSA) is 78.5 Å². The molecule has 1 heterocycles. The summed E-state index contributed by atoms with van der Waals surface area (Å²) in [5.41, 5.74) is 2.89. The summed E-state index contributed by atoms with van der Waals surface area (Å²) in [4.78, 5) is 14.6. The number of nitrogens with one attached hydrogen (secondary N) is 2. The molecule has 0 bridgehead atoms. The van der Waals surface area contributed by atoms with Crippen molar-refractivity contribution in [3.8, 4) is 0 Å². The Bertz CT molecular complexity index is 1070. The van der Waals surface area contributed by atoms with Crippen LogP contribution in [0.2, 0.25) is 5.02 Å². The molecule has 0 radical (unpaired) electrons. The number of hydrogen-bond acceptors (Lipinski definition) is 3. The Kier molecular flexibility index (Phi) is 5.93. The predicted molar refractivity (Wildman–Crippen MR) is 120 cm³/mol. The molecule has 2 aromatic carbocycles. The maximum absolute atomic E-state index is 12.9. The highest BCUT2D eigenvalue weighted by molar-refractivity contribution is 7.92. The molecular formula is C22H26ClN3O3S. The molecule has 4 rings (SSSR count). The highest BCUT2D eigenvalue weighted by atomic mass is 35.5. The summed E-state index contributed by atoms with van der Waals surface area (Å²) in [6.07, 6.45) is 6.24. The van der Waals surface area contributed by atoms with Gasteiger partial charge >= 0.3 is 6.03 Å². The van der Waals surface area contributed by atoms with Crippen LogP contribution in [0.15, 0.2) is 41.3 Å². The van der Waals surface area contributed by atoms with Crippen LogP contribution in [0.3, 0.4) is 0 Å². The first kappa shape index (κ1) is 21.0. The van der Waals surface area contributed by atoms with Crippen molar-refractivity contribution in [2.75, 3.05) is 16.2 Å². The summed E-state index contributed by atoms with van der Waals surface area (Å²) < 4.78 is 28.4. The lowest BCUT2D eigenvalue weighted by Gasteiger charge is -2.26. The Morgan fingerprint density at radius 1 is 1.10 bits per heavy atom. The molecular weight excluding hydrogens is 422 g/mol. The molecule has 6 nitrogen and oxygen atoms in total. The molecule has 160 valence electrons. The molecule has 2 N–H and O–H groups in total. The fourth-order valence-corrected chi connectivity index (χ4v) is 5.61. The van der Waals surface area contributed by atoms with E-state index in [2.05, 4.69) is 10.0 Å². The van der Waals surface area contributed by atoms with E-state index in [1.807, 2.05) is 0 Å². The highest BCUT2D eigenvalue weighted by Gasteiger charge is 2.28. The van der Waals surface area contributed by atoms with Crippen LogP contribution in [0.5, 0.6) is 0 Å². The van der Waals surface area contributed by atoms with Gasteiger partial charge in [-0.25, -0.2) is 13.2 Å². The van der Waals surface area contributed by atoms with E-state index in [4.69, 9.17) is 11.6 Å².